The number of esters is 1. The zero-order valence-corrected chi connectivity index (χ0v) is 14.3. The number of halogens is 2. The summed E-state index contributed by atoms with van der Waals surface area (Å²) in [6, 6.07) is 7.74. The minimum Gasteiger partial charge on any atom is -0.373 e. The lowest BCUT2D eigenvalue weighted by Gasteiger charge is -2.08. The maximum absolute atomic E-state index is 14.0. The highest BCUT2D eigenvalue weighted by molar-refractivity contribution is 9.10. The summed E-state index contributed by atoms with van der Waals surface area (Å²) in [5.41, 5.74) is 5.15. The molecular formula is C15H9BrFN3O3S. The Morgan fingerprint density at radius 2 is 2.12 bits per heavy atom. The third-order valence-corrected chi connectivity index (χ3v) is 4.57. The van der Waals surface area contributed by atoms with Crippen molar-refractivity contribution in [3.05, 3.63) is 52.4 Å². The van der Waals surface area contributed by atoms with Gasteiger partial charge in [-0.15, -0.1) is 0 Å². The molecule has 3 N–H and O–H groups in total. The van der Waals surface area contributed by atoms with E-state index in [2.05, 4.69) is 31.0 Å². The summed E-state index contributed by atoms with van der Waals surface area (Å²) < 4.78 is 19.1. The first-order valence-corrected chi connectivity index (χ1v) is 8.18. The van der Waals surface area contributed by atoms with Crippen LogP contribution in [0.15, 0.2) is 41.0 Å². The number of fused-ring (bicyclic) bond motifs is 1. The van der Waals surface area contributed by atoms with E-state index in [0.717, 1.165) is 11.3 Å². The Bertz CT molecular complexity index is 960. The molecule has 0 aliphatic heterocycles. The van der Waals surface area contributed by atoms with Crippen LogP contribution in [0.25, 0.3) is 10.2 Å². The number of carbonyl (C=O) groups is 2. The first-order valence-electron chi connectivity index (χ1n) is 6.57. The number of hydrogen-bond donors (Lipinski definition) is 2. The standard InChI is InChI=1S/C15H9BrFN3O3S/c16-7-3-4-10(9(17)6-7)20-13-11(14(21)23-15(18)22)8-2-1-5-19-12(8)24-13/h1-6,20H,(H2,18,22). The van der Waals surface area contributed by atoms with E-state index in [1.165, 1.54) is 12.1 Å². The Morgan fingerprint density at radius 3 is 2.83 bits per heavy atom. The maximum Gasteiger partial charge on any atom is 0.412 e. The van der Waals surface area contributed by atoms with Crippen molar-refractivity contribution in [2.75, 3.05) is 5.32 Å². The zero-order chi connectivity index (χ0) is 17.3. The molecule has 0 radical (unpaired) electrons. The monoisotopic (exact) mass is 409 g/mol. The number of nitrogens with one attached hydrogen (secondary N) is 1. The number of rotatable bonds is 3. The SMILES string of the molecule is NC(=O)OC(=O)c1c(Nc2ccc(Br)cc2F)sc2ncccc12. The molecule has 1 aromatic carbocycles. The van der Waals surface area contributed by atoms with Crippen LogP contribution in [0.3, 0.4) is 0 Å². The molecule has 9 heteroatoms. The molecule has 0 unspecified atom stereocenters. The quantitative estimate of drug-likeness (QED) is 0.499. The normalized spacial score (nSPS) is 10.6. The molecule has 3 aromatic rings. The Balaban J connectivity index is 2.09. The van der Waals surface area contributed by atoms with E-state index >= 15 is 0 Å². The topological polar surface area (TPSA) is 94.3 Å². The highest BCUT2D eigenvalue weighted by Crippen LogP contribution is 2.37. The molecule has 0 spiro atoms. The number of pyridine rings is 1. The number of primary amides is 1. The number of carbonyl (C=O) groups excluding carboxylic acids is 2. The third-order valence-electron chi connectivity index (χ3n) is 3.04. The second kappa shape index (κ2) is 6.54. The van der Waals surface area contributed by atoms with Gasteiger partial charge < -0.3 is 15.8 Å². The van der Waals surface area contributed by atoms with E-state index in [-0.39, 0.29) is 11.3 Å². The van der Waals surface area contributed by atoms with Gasteiger partial charge in [0.2, 0.25) is 0 Å². The van der Waals surface area contributed by atoms with Crippen LogP contribution in [-0.2, 0) is 4.74 Å². The highest BCUT2D eigenvalue weighted by atomic mass is 79.9. The number of ether oxygens (including phenoxy) is 1. The van der Waals surface area contributed by atoms with Crippen LogP contribution in [0.4, 0.5) is 19.9 Å². The molecule has 0 fully saturated rings. The number of nitrogens with zero attached hydrogens (tertiary/aromatic N) is 1. The molecule has 1 amide bonds. The smallest absolute Gasteiger partial charge is 0.373 e. The molecule has 6 nitrogen and oxygen atoms in total. The molecular weight excluding hydrogens is 401 g/mol. The molecule has 0 bridgehead atoms. The van der Waals surface area contributed by atoms with Crippen molar-refractivity contribution < 1.29 is 18.7 Å². The van der Waals surface area contributed by atoms with Crippen molar-refractivity contribution in [1.29, 1.82) is 0 Å². The van der Waals surface area contributed by atoms with E-state index in [1.807, 2.05) is 0 Å². The summed E-state index contributed by atoms with van der Waals surface area (Å²) in [4.78, 5) is 27.8. The van der Waals surface area contributed by atoms with Gasteiger partial charge in [0.05, 0.1) is 5.69 Å². The molecule has 0 saturated heterocycles. The van der Waals surface area contributed by atoms with Gasteiger partial charge in [0, 0.05) is 16.1 Å². The lowest BCUT2D eigenvalue weighted by atomic mass is 10.2. The molecule has 0 saturated carbocycles. The van der Waals surface area contributed by atoms with E-state index in [4.69, 9.17) is 5.73 Å². The summed E-state index contributed by atoms with van der Waals surface area (Å²) in [5, 5.41) is 3.62. The van der Waals surface area contributed by atoms with Gasteiger partial charge in [-0.05, 0) is 30.3 Å². The largest absolute Gasteiger partial charge is 0.412 e. The first-order chi connectivity index (χ1) is 11.5. The van der Waals surface area contributed by atoms with Crippen molar-refractivity contribution >= 4 is 60.2 Å². The van der Waals surface area contributed by atoms with Gasteiger partial charge >= 0.3 is 12.1 Å². The first kappa shape index (κ1) is 16.3. The number of hydrogen-bond acceptors (Lipinski definition) is 6. The number of benzene rings is 1. The summed E-state index contributed by atoms with van der Waals surface area (Å²) in [7, 11) is 0. The Kier molecular flexibility index (Phi) is 4.45. The van der Waals surface area contributed by atoms with E-state index in [9.17, 15) is 14.0 Å². The minimum atomic E-state index is -1.22. The molecule has 0 aliphatic carbocycles. The molecule has 122 valence electrons. The number of amides is 1. The lowest BCUT2D eigenvalue weighted by molar-refractivity contribution is 0.0642. The molecule has 2 heterocycles. The van der Waals surface area contributed by atoms with Crippen LogP contribution in [-0.4, -0.2) is 17.0 Å². The molecule has 2 aromatic heterocycles. The number of aromatic nitrogens is 1. The average molecular weight is 410 g/mol. The van der Waals surface area contributed by atoms with Gasteiger partial charge in [0.25, 0.3) is 0 Å². The van der Waals surface area contributed by atoms with Crippen molar-refractivity contribution in [2.45, 2.75) is 0 Å². The number of thiophene rings is 1. The van der Waals surface area contributed by atoms with Gasteiger partial charge in [0.1, 0.15) is 21.2 Å². The van der Waals surface area contributed by atoms with Crippen molar-refractivity contribution in [3.63, 3.8) is 0 Å². The van der Waals surface area contributed by atoms with E-state index in [0.29, 0.717) is 19.7 Å². The molecule has 0 aliphatic rings. The summed E-state index contributed by atoms with van der Waals surface area (Å²) in [6.45, 7) is 0. The Labute approximate surface area is 147 Å². The van der Waals surface area contributed by atoms with Gasteiger partial charge in [-0.25, -0.2) is 19.0 Å². The number of anilines is 2. The van der Waals surface area contributed by atoms with Crippen LogP contribution in [0.2, 0.25) is 0 Å². The van der Waals surface area contributed by atoms with Gasteiger partial charge in [0.15, 0.2) is 0 Å². The maximum atomic E-state index is 14.0. The predicted molar refractivity (Wildman–Crippen MR) is 92.0 cm³/mol. The van der Waals surface area contributed by atoms with Crippen LogP contribution in [0.1, 0.15) is 10.4 Å². The van der Waals surface area contributed by atoms with Crippen molar-refractivity contribution in [1.82, 2.24) is 4.98 Å². The lowest BCUT2D eigenvalue weighted by Crippen LogP contribution is -2.18. The Hall–Kier alpha value is -2.52. The predicted octanol–water partition coefficient (Wildman–Crippen LogP) is 4.18. The van der Waals surface area contributed by atoms with Gasteiger partial charge in [-0.2, -0.15) is 0 Å². The van der Waals surface area contributed by atoms with Crippen molar-refractivity contribution in [2.24, 2.45) is 5.73 Å². The third kappa shape index (κ3) is 3.22. The number of nitrogens with two attached hydrogens (primary N) is 1. The van der Waals surface area contributed by atoms with Crippen molar-refractivity contribution in [3.8, 4) is 0 Å². The molecule has 0 atom stereocenters. The molecule has 3 rings (SSSR count). The van der Waals surface area contributed by atoms with Crippen LogP contribution in [0, 0.1) is 5.82 Å². The fourth-order valence-corrected chi connectivity index (χ4v) is 3.46. The molecule has 24 heavy (non-hydrogen) atoms. The minimum absolute atomic E-state index is 0.0734. The zero-order valence-electron chi connectivity index (χ0n) is 11.9. The summed E-state index contributed by atoms with van der Waals surface area (Å²) in [6.07, 6.45) is 0.343. The van der Waals surface area contributed by atoms with Crippen LogP contribution >= 0.6 is 27.3 Å². The second-order valence-electron chi connectivity index (χ2n) is 4.62. The van der Waals surface area contributed by atoms with E-state index < -0.39 is 17.9 Å². The fourth-order valence-electron chi connectivity index (χ4n) is 2.08. The Morgan fingerprint density at radius 1 is 1.33 bits per heavy atom. The summed E-state index contributed by atoms with van der Waals surface area (Å²) >= 11 is 4.31. The average Bonchev–Trinajstić information content (AvgIpc) is 2.87. The van der Waals surface area contributed by atoms with Gasteiger partial charge in [-0.3, -0.25) is 0 Å². The van der Waals surface area contributed by atoms with Gasteiger partial charge in [-0.1, -0.05) is 27.3 Å². The summed E-state index contributed by atoms with van der Waals surface area (Å²) in [5.74, 6) is -1.44. The second-order valence-corrected chi connectivity index (χ2v) is 6.53. The van der Waals surface area contributed by atoms with Crippen LogP contribution < -0.4 is 11.1 Å². The highest BCUT2D eigenvalue weighted by Gasteiger charge is 2.23. The fraction of sp³-hybridized carbons (Fsp3) is 0. The van der Waals surface area contributed by atoms with E-state index in [1.54, 1.807) is 24.4 Å². The van der Waals surface area contributed by atoms with Crippen LogP contribution in [0.5, 0.6) is 0 Å².